The number of hydrogen-bond acceptors (Lipinski definition) is 6. The molecular formula is C20H18ClN5O3. The molecule has 0 saturated heterocycles. The highest BCUT2D eigenvalue weighted by Gasteiger charge is 2.27. The smallest absolute Gasteiger partial charge is 0.270 e. The monoisotopic (exact) mass is 411 g/mol. The van der Waals surface area contributed by atoms with Gasteiger partial charge in [0.2, 0.25) is 0 Å². The third kappa shape index (κ3) is 4.43. The summed E-state index contributed by atoms with van der Waals surface area (Å²) >= 11 is 6.10. The van der Waals surface area contributed by atoms with Gasteiger partial charge in [0.15, 0.2) is 0 Å². The predicted molar refractivity (Wildman–Crippen MR) is 110 cm³/mol. The minimum atomic E-state index is -0.526. The van der Waals surface area contributed by atoms with Crippen LogP contribution in [-0.2, 0) is 0 Å². The summed E-state index contributed by atoms with van der Waals surface area (Å²) in [7, 11) is 0. The van der Waals surface area contributed by atoms with Crippen molar-refractivity contribution in [2.24, 2.45) is 0 Å². The van der Waals surface area contributed by atoms with Crippen LogP contribution in [0.15, 0.2) is 42.5 Å². The first-order valence-electron chi connectivity index (χ1n) is 9.25. The number of nitro benzene ring substituents is 1. The van der Waals surface area contributed by atoms with Crippen molar-refractivity contribution in [3.63, 3.8) is 0 Å². The molecule has 2 N–H and O–H groups in total. The van der Waals surface area contributed by atoms with Gasteiger partial charge >= 0.3 is 0 Å². The molecule has 1 amide bonds. The lowest BCUT2D eigenvalue weighted by molar-refractivity contribution is -0.384. The Morgan fingerprint density at radius 3 is 2.76 bits per heavy atom. The van der Waals surface area contributed by atoms with Crippen LogP contribution in [0, 0.1) is 10.1 Å². The van der Waals surface area contributed by atoms with E-state index >= 15 is 0 Å². The Kier molecular flexibility index (Phi) is 5.26. The maximum Gasteiger partial charge on any atom is 0.270 e. The number of fused-ring (bicyclic) bond motifs is 1. The molecule has 0 spiro atoms. The minimum absolute atomic E-state index is 0.116. The van der Waals surface area contributed by atoms with Gasteiger partial charge in [0.05, 0.1) is 10.4 Å². The quantitative estimate of drug-likeness (QED) is 0.346. The Bertz CT molecular complexity index is 1100. The molecule has 0 aliphatic heterocycles. The highest BCUT2D eigenvalue weighted by molar-refractivity contribution is 6.31. The normalized spacial score (nSPS) is 13.3. The largest absolute Gasteiger partial charge is 0.368 e. The zero-order valence-electron chi connectivity index (χ0n) is 15.4. The summed E-state index contributed by atoms with van der Waals surface area (Å²) in [4.78, 5) is 31.8. The molecule has 8 nitrogen and oxygen atoms in total. The van der Waals surface area contributed by atoms with E-state index in [-0.39, 0.29) is 17.2 Å². The molecule has 1 aliphatic carbocycles. The van der Waals surface area contributed by atoms with Gasteiger partial charge in [-0.25, -0.2) is 9.97 Å². The lowest BCUT2D eigenvalue weighted by Gasteiger charge is -2.11. The van der Waals surface area contributed by atoms with Gasteiger partial charge in [-0.15, -0.1) is 0 Å². The van der Waals surface area contributed by atoms with Crippen LogP contribution in [0.25, 0.3) is 10.9 Å². The zero-order valence-corrected chi connectivity index (χ0v) is 16.1. The SMILES string of the molecule is O=C(NCCNc1nc(C2CC2)nc2cc(Cl)ccc12)c1cccc([N+](=O)[O-])c1. The number of halogens is 1. The van der Waals surface area contributed by atoms with Crippen LogP contribution >= 0.6 is 11.6 Å². The second-order valence-electron chi connectivity index (χ2n) is 6.86. The van der Waals surface area contributed by atoms with Crippen LogP contribution in [0.2, 0.25) is 5.02 Å². The number of hydrogen-bond donors (Lipinski definition) is 2. The number of amides is 1. The van der Waals surface area contributed by atoms with Gasteiger partial charge in [0.1, 0.15) is 11.6 Å². The molecule has 9 heteroatoms. The number of carbonyl (C=O) groups is 1. The molecule has 29 heavy (non-hydrogen) atoms. The van der Waals surface area contributed by atoms with Crippen molar-refractivity contribution < 1.29 is 9.72 Å². The fourth-order valence-corrected chi connectivity index (χ4v) is 3.17. The van der Waals surface area contributed by atoms with Gasteiger partial charge in [0, 0.05) is 47.1 Å². The van der Waals surface area contributed by atoms with Crippen molar-refractivity contribution in [2.75, 3.05) is 18.4 Å². The van der Waals surface area contributed by atoms with Gasteiger partial charge in [-0.3, -0.25) is 14.9 Å². The fraction of sp³-hybridized carbons (Fsp3) is 0.250. The Hall–Kier alpha value is -3.26. The number of carbonyl (C=O) groups excluding carboxylic acids is 1. The maximum absolute atomic E-state index is 12.2. The Labute approximate surface area is 171 Å². The number of rotatable bonds is 7. The first kappa shape index (κ1) is 19.1. The summed E-state index contributed by atoms with van der Waals surface area (Å²) in [6, 6.07) is 11.1. The molecule has 1 saturated carbocycles. The van der Waals surface area contributed by atoms with E-state index in [1.54, 1.807) is 12.1 Å². The summed E-state index contributed by atoms with van der Waals surface area (Å²) < 4.78 is 0. The van der Waals surface area contributed by atoms with Gasteiger partial charge in [0.25, 0.3) is 11.6 Å². The maximum atomic E-state index is 12.2. The molecular weight excluding hydrogens is 394 g/mol. The van der Waals surface area contributed by atoms with Crippen molar-refractivity contribution in [3.8, 4) is 0 Å². The Balaban J connectivity index is 1.42. The summed E-state index contributed by atoms with van der Waals surface area (Å²) in [6.07, 6.45) is 2.18. The van der Waals surface area contributed by atoms with Crippen LogP contribution < -0.4 is 10.6 Å². The molecule has 1 aromatic heterocycles. The fourth-order valence-electron chi connectivity index (χ4n) is 3.00. The van der Waals surface area contributed by atoms with Crippen LogP contribution in [0.5, 0.6) is 0 Å². The summed E-state index contributed by atoms with van der Waals surface area (Å²) in [6.45, 7) is 0.777. The van der Waals surface area contributed by atoms with Gasteiger partial charge in [-0.2, -0.15) is 0 Å². The van der Waals surface area contributed by atoms with Crippen molar-refractivity contribution in [2.45, 2.75) is 18.8 Å². The van der Waals surface area contributed by atoms with E-state index in [0.717, 1.165) is 29.6 Å². The number of nitrogens with zero attached hydrogens (tertiary/aromatic N) is 3. The van der Waals surface area contributed by atoms with E-state index in [2.05, 4.69) is 20.6 Å². The molecule has 2 aromatic carbocycles. The number of anilines is 1. The number of benzene rings is 2. The molecule has 1 fully saturated rings. The van der Waals surface area contributed by atoms with E-state index in [4.69, 9.17) is 11.6 Å². The molecule has 1 heterocycles. The van der Waals surface area contributed by atoms with Crippen LogP contribution in [-0.4, -0.2) is 33.9 Å². The van der Waals surface area contributed by atoms with Crippen LogP contribution in [0.1, 0.15) is 34.9 Å². The molecule has 0 radical (unpaired) electrons. The van der Waals surface area contributed by atoms with E-state index in [1.807, 2.05) is 12.1 Å². The van der Waals surface area contributed by atoms with Gasteiger partial charge in [-0.05, 0) is 37.1 Å². The van der Waals surface area contributed by atoms with Gasteiger partial charge in [-0.1, -0.05) is 17.7 Å². The molecule has 0 atom stereocenters. The highest BCUT2D eigenvalue weighted by atomic mass is 35.5. The third-order valence-electron chi connectivity index (χ3n) is 4.64. The van der Waals surface area contributed by atoms with Crippen molar-refractivity contribution >= 4 is 39.9 Å². The summed E-state index contributed by atoms with van der Waals surface area (Å²) in [5.41, 5.74) is 0.921. The molecule has 0 unspecified atom stereocenters. The third-order valence-corrected chi connectivity index (χ3v) is 4.88. The number of nitrogens with one attached hydrogen (secondary N) is 2. The van der Waals surface area contributed by atoms with Crippen LogP contribution in [0.4, 0.5) is 11.5 Å². The topological polar surface area (TPSA) is 110 Å². The zero-order chi connectivity index (χ0) is 20.4. The van der Waals surface area contributed by atoms with Crippen LogP contribution in [0.3, 0.4) is 0 Å². The van der Waals surface area contributed by atoms with Gasteiger partial charge < -0.3 is 10.6 Å². The Morgan fingerprint density at radius 2 is 2.00 bits per heavy atom. The molecule has 3 aromatic rings. The summed E-state index contributed by atoms with van der Waals surface area (Å²) in [5.74, 6) is 1.54. The Morgan fingerprint density at radius 1 is 1.17 bits per heavy atom. The standard InChI is InChI=1S/C20H18ClN5O3/c21-14-6-7-16-17(11-14)24-18(12-4-5-12)25-19(16)22-8-9-23-20(27)13-2-1-3-15(10-13)26(28)29/h1-3,6-7,10-12H,4-5,8-9H2,(H,23,27)(H,22,24,25). The van der Waals surface area contributed by atoms with Crippen molar-refractivity contribution in [3.05, 3.63) is 69.0 Å². The van der Waals surface area contributed by atoms with Crippen molar-refractivity contribution in [1.82, 2.24) is 15.3 Å². The lowest BCUT2D eigenvalue weighted by atomic mass is 10.2. The second-order valence-corrected chi connectivity index (χ2v) is 7.29. The molecule has 4 rings (SSSR count). The van der Waals surface area contributed by atoms with E-state index in [0.29, 0.717) is 29.8 Å². The number of aromatic nitrogens is 2. The lowest BCUT2D eigenvalue weighted by Crippen LogP contribution is -2.29. The average molecular weight is 412 g/mol. The molecule has 148 valence electrons. The van der Waals surface area contributed by atoms with E-state index < -0.39 is 4.92 Å². The van der Waals surface area contributed by atoms with E-state index in [1.165, 1.54) is 18.2 Å². The predicted octanol–water partition coefficient (Wildman–Crippen LogP) is 3.91. The first-order chi connectivity index (χ1) is 14.0. The first-order valence-corrected chi connectivity index (χ1v) is 9.63. The highest BCUT2D eigenvalue weighted by Crippen LogP contribution is 2.39. The van der Waals surface area contributed by atoms with Crippen molar-refractivity contribution in [1.29, 1.82) is 0 Å². The molecule has 0 bridgehead atoms. The minimum Gasteiger partial charge on any atom is -0.368 e. The molecule has 1 aliphatic rings. The number of non-ortho nitro benzene ring substituents is 1. The number of nitro groups is 1. The average Bonchev–Trinajstić information content (AvgIpc) is 3.56. The summed E-state index contributed by atoms with van der Waals surface area (Å²) in [5, 5.41) is 18.3. The second kappa shape index (κ2) is 8.00. The van der Waals surface area contributed by atoms with E-state index in [9.17, 15) is 14.9 Å².